The molecule has 0 N–H and O–H groups in total. The van der Waals surface area contributed by atoms with E-state index in [9.17, 15) is 4.79 Å². The van der Waals surface area contributed by atoms with Crippen molar-refractivity contribution in [2.75, 3.05) is 13.1 Å². The van der Waals surface area contributed by atoms with Crippen molar-refractivity contribution in [3.63, 3.8) is 0 Å². The summed E-state index contributed by atoms with van der Waals surface area (Å²) in [4.78, 5) is 19.3. The zero-order chi connectivity index (χ0) is 21.9. The molecular formula is C25H21ClN2O3S. The van der Waals surface area contributed by atoms with Crippen LogP contribution >= 0.6 is 22.9 Å². The van der Waals surface area contributed by atoms with Gasteiger partial charge in [0.15, 0.2) is 0 Å². The van der Waals surface area contributed by atoms with Crippen LogP contribution in [0.4, 0.5) is 0 Å². The molecule has 0 aliphatic carbocycles. The van der Waals surface area contributed by atoms with E-state index in [1.54, 1.807) is 0 Å². The number of carbonyl (C=O) groups excluding carboxylic acids is 1. The minimum absolute atomic E-state index is 0.0291. The molecule has 1 saturated heterocycles. The maximum absolute atomic E-state index is 12.9. The van der Waals surface area contributed by atoms with E-state index in [4.69, 9.17) is 21.1 Å². The van der Waals surface area contributed by atoms with Crippen molar-refractivity contribution in [2.24, 2.45) is 0 Å². The molecule has 1 aliphatic heterocycles. The van der Waals surface area contributed by atoms with E-state index in [1.165, 1.54) is 11.3 Å². The van der Waals surface area contributed by atoms with Crippen molar-refractivity contribution < 1.29 is 14.3 Å². The van der Waals surface area contributed by atoms with Gasteiger partial charge in [-0.2, -0.15) is 0 Å². The molecule has 1 aliphatic rings. The van der Waals surface area contributed by atoms with Crippen LogP contribution in [-0.4, -0.2) is 35.0 Å². The number of para-hydroxylation sites is 2. The van der Waals surface area contributed by atoms with Crippen molar-refractivity contribution >= 4 is 39.1 Å². The van der Waals surface area contributed by atoms with Gasteiger partial charge in [0.2, 0.25) is 0 Å². The number of piperidine rings is 1. The molecule has 7 heteroatoms. The summed E-state index contributed by atoms with van der Waals surface area (Å²) in [5.74, 6) is 1.50. The van der Waals surface area contributed by atoms with Crippen molar-refractivity contribution in [2.45, 2.75) is 18.9 Å². The lowest BCUT2D eigenvalue weighted by Crippen LogP contribution is -2.41. The maximum atomic E-state index is 12.9. The van der Waals surface area contributed by atoms with E-state index in [0.717, 1.165) is 28.8 Å². The smallest absolute Gasteiger partial charge is 0.274 e. The molecule has 0 spiro atoms. The van der Waals surface area contributed by atoms with Crippen LogP contribution in [0.2, 0.25) is 5.02 Å². The zero-order valence-corrected chi connectivity index (χ0v) is 18.8. The van der Waals surface area contributed by atoms with Crippen LogP contribution in [0.3, 0.4) is 0 Å². The topological polar surface area (TPSA) is 51.7 Å². The molecule has 1 fully saturated rings. The molecule has 0 saturated carbocycles. The fraction of sp³-hybridized carbons (Fsp3) is 0.200. The number of rotatable bonds is 5. The number of carbonyl (C=O) groups is 1. The third kappa shape index (κ3) is 4.56. The highest BCUT2D eigenvalue weighted by Gasteiger charge is 2.25. The summed E-state index contributed by atoms with van der Waals surface area (Å²) in [7, 11) is 0. The van der Waals surface area contributed by atoms with Gasteiger partial charge < -0.3 is 14.4 Å². The third-order valence-corrected chi connectivity index (χ3v) is 6.64. The lowest BCUT2D eigenvalue weighted by Gasteiger charge is -2.31. The first-order chi connectivity index (χ1) is 15.7. The number of hydrogen-bond donors (Lipinski definition) is 0. The standard InChI is InChI=1S/C25H21ClN2O3S/c26-21-7-4-8-22-23(21)27-25(32-22)31-20-13-15-28(16-14-20)24(29)17-9-11-19(12-10-17)30-18-5-2-1-3-6-18/h1-12,20H,13-16H2. The fourth-order valence-corrected chi connectivity index (χ4v) is 4.92. The van der Waals surface area contributed by atoms with Crippen molar-refractivity contribution in [1.82, 2.24) is 9.88 Å². The van der Waals surface area contributed by atoms with Crippen LogP contribution in [0.1, 0.15) is 23.2 Å². The van der Waals surface area contributed by atoms with Crippen molar-refractivity contribution in [3.05, 3.63) is 83.4 Å². The van der Waals surface area contributed by atoms with Gasteiger partial charge in [-0.25, -0.2) is 4.98 Å². The van der Waals surface area contributed by atoms with Crippen LogP contribution in [-0.2, 0) is 0 Å². The first kappa shape index (κ1) is 20.8. The second kappa shape index (κ2) is 9.18. The molecule has 32 heavy (non-hydrogen) atoms. The van der Waals surface area contributed by atoms with E-state index < -0.39 is 0 Å². The number of amides is 1. The minimum Gasteiger partial charge on any atom is -0.467 e. The Kier molecular flexibility index (Phi) is 5.97. The van der Waals surface area contributed by atoms with E-state index in [2.05, 4.69) is 4.98 Å². The van der Waals surface area contributed by atoms with Gasteiger partial charge in [0, 0.05) is 31.5 Å². The average molecular weight is 465 g/mol. The first-order valence-electron chi connectivity index (χ1n) is 10.5. The van der Waals surface area contributed by atoms with E-state index in [-0.39, 0.29) is 12.0 Å². The Hall–Kier alpha value is -3.09. The molecule has 3 aromatic carbocycles. The molecular weight excluding hydrogens is 444 g/mol. The summed E-state index contributed by atoms with van der Waals surface area (Å²) in [5, 5.41) is 1.26. The molecule has 5 rings (SSSR count). The summed E-state index contributed by atoms with van der Waals surface area (Å²) in [6, 6.07) is 22.6. The molecule has 162 valence electrons. The lowest BCUT2D eigenvalue weighted by atomic mass is 10.1. The van der Waals surface area contributed by atoms with Crippen LogP contribution in [0.5, 0.6) is 16.7 Å². The number of halogens is 1. The normalized spacial score (nSPS) is 14.5. The second-order valence-electron chi connectivity index (χ2n) is 7.62. The molecule has 5 nitrogen and oxygen atoms in total. The van der Waals surface area contributed by atoms with Crippen LogP contribution in [0.15, 0.2) is 72.8 Å². The molecule has 1 aromatic heterocycles. The highest BCUT2D eigenvalue weighted by atomic mass is 35.5. The Morgan fingerprint density at radius 1 is 0.938 bits per heavy atom. The zero-order valence-electron chi connectivity index (χ0n) is 17.2. The Morgan fingerprint density at radius 3 is 2.38 bits per heavy atom. The fourth-order valence-electron chi connectivity index (χ4n) is 3.74. The van der Waals surface area contributed by atoms with Gasteiger partial charge in [0.1, 0.15) is 23.1 Å². The Bertz CT molecular complexity index is 1220. The van der Waals surface area contributed by atoms with E-state index in [0.29, 0.717) is 34.6 Å². The first-order valence-corrected chi connectivity index (χ1v) is 11.7. The van der Waals surface area contributed by atoms with Crippen molar-refractivity contribution in [1.29, 1.82) is 0 Å². The highest BCUT2D eigenvalue weighted by molar-refractivity contribution is 7.20. The van der Waals surface area contributed by atoms with E-state index in [1.807, 2.05) is 77.7 Å². The van der Waals surface area contributed by atoms with Gasteiger partial charge in [0.05, 0.1) is 9.72 Å². The lowest BCUT2D eigenvalue weighted by molar-refractivity contribution is 0.0595. The van der Waals surface area contributed by atoms with Gasteiger partial charge in [-0.05, 0) is 48.5 Å². The average Bonchev–Trinajstić information content (AvgIpc) is 3.24. The predicted molar refractivity (Wildman–Crippen MR) is 127 cm³/mol. The Balaban J connectivity index is 1.16. The number of ether oxygens (including phenoxy) is 2. The number of benzene rings is 3. The second-order valence-corrected chi connectivity index (χ2v) is 9.02. The molecule has 0 radical (unpaired) electrons. The quantitative estimate of drug-likeness (QED) is 0.341. The number of likely N-dealkylation sites (tertiary alicyclic amines) is 1. The molecule has 1 amide bonds. The van der Waals surface area contributed by atoms with Gasteiger partial charge >= 0.3 is 0 Å². The Labute approximate surface area is 195 Å². The maximum Gasteiger partial charge on any atom is 0.274 e. The minimum atomic E-state index is 0.0291. The summed E-state index contributed by atoms with van der Waals surface area (Å²) < 4.78 is 12.9. The summed E-state index contributed by atoms with van der Waals surface area (Å²) in [6.07, 6.45) is 1.58. The summed E-state index contributed by atoms with van der Waals surface area (Å²) >= 11 is 7.71. The SMILES string of the molecule is O=C(c1ccc(Oc2ccccc2)cc1)N1CCC(Oc2nc3c(Cl)cccc3s2)CC1. The molecule has 0 unspecified atom stereocenters. The van der Waals surface area contributed by atoms with Crippen LogP contribution in [0, 0.1) is 0 Å². The number of nitrogens with zero attached hydrogens (tertiary/aromatic N) is 2. The molecule has 2 heterocycles. The Morgan fingerprint density at radius 2 is 1.66 bits per heavy atom. The van der Waals surface area contributed by atoms with Gasteiger partial charge in [-0.1, -0.05) is 47.2 Å². The third-order valence-electron chi connectivity index (χ3n) is 5.43. The number of thiazole rings is 1. The summed E-state index contributed by atoms with van der Waals surface area (Å²) in [6.45, 7) is 1.30. The molecule has 0 bridgehead atoms. The number of fused-ring (bicyclic) bond motifs is 1. The number of hydrogen-bond acceptors (Lipinski definition) is 5. The molecule has 4 aromatic rings. The van der Waals surface area contributed by atoms with Gasteiger partial charge in [0.25, 0.3) is 11.1 Å². The molecule has 0 atom stereocenters. The van der Waals surface area contributed by atoms with E-state index >= 15 is 0 Å². The van der Waals surface area contributed by atoms with Gasteiger partial charge in [-0.3, -0.25) is 4.79 Å². The van der Waals surface area contributed by atoms with Crippen LogP contribution < -0.4 is 9.47 Å². The van der Waals surface area contributed by atoms with Crippen molar-refractivity contribution in [3.8, 4) is 16.7 Å². The summed E-state index contributed by atoms with van der Waals surface area (Å²) in [5.41, 5.74) is 1.44. The predicted octanol–water partition coefficient (Wildman–Crippen LogP) is 6.43. The van der Waals surface area contributed by atoms with Crippen LogP contribution in [0.25, 0.3) is 10.2 Å². The van der Waals surface area contributed by atoms with Gasteiger partial charge in [-0.15, -0.1) is 0 Å². The largest absolute Gasteiger partial charge is 0.467 e. The number of aromatic nitrogens is 1. The monoisotopic (exact) mass is 464 g/mol. The highest BCUT2D eigenvalue weighted by Crippen LogP contribution is 2.33.